The van der Waals surface area contributed by atoms with Gasteiger partial charge in [-0.1, -0.05) is 12.1 Å². The van der Waals surface area contributed by atoms with Crippen LogP contribution in [0.2, 0.25) is 0 Å². The number of hydrogen-bond donors (Lipinski definition) is 2. The van der Waals surface area contributed by atoms with Gasteiger partial charge in [0.2, 0.25) is 0 Å². The summed E-state index contributed by atoms with van der Waals surface area (Å²) in [5.74, 6) is 0.932. The van der Waals surface area contributed by atoms with Crippen LogP contribution in [0.4, 0.5) is 8.78 Å². The van der Waals surface area contributed by atoms with Crippen LogP contribution in [0.3, 0.4) is 0 Å². The highest BCUT2D eigenvalue weighted by molar-refractivity contribution is 14.0. The fraction of sp³-hybridized carbons (Fsp3) is 0.611. The molecular formula is C18H30F2IN3O3. The quantitative estimate of drug-likeness (QED) is 0.198. The van der Waals surface area contributed by atoms with Gasteiger partial charge in [0.15, 0.2) is 17.5 Å². The number of nitrogens with zero attached hydrogens (tertiary/aromatic N) is 1. The molecule has 1 aromatic rings. The Morgan fingerprint density at radius 2 is 1.93 bits per heavy atom. The van der Waals surface area contributed by atoms with E-state index < -0.39 is 6.61 Å². The number of nitrogens with one attached hydrogen (secondary N) is 2. The molecule has 27 heavy (non-hydrogen) atoms. The Balaban J connectivity index is 0.00000676. The Labute approximate surface area is 177 Å². The second-order valence-electron chi connectivity index (χ2n) is 5.31. The molecule has 156 valence electrons. The number of alkyl halides is 2. The van der Waals surface area contributed by atoms with E-state index in [1.54, 1.807) is 32.2 Å². The lowest BCUT2D eigenvalue weighted by atomic mass is 10.2. The van der Waals surface area contributed by atoms with Gasteiger partial charge in [0.1, 0.15) is 0 Å². The Kier molecular flexibility index (Phi) is 14.9. The van der Waals surface area contributed by atoms with Crippen molar-refractivity contribution in [2.24, 2.45) is 4.99 Å². The van der Waals surface area contributed by atoms with Gasteiger partial charge in [0.05, 0.1) is 6.61 Å². The van der Waals surface area contributed by atoms with Gasteiger partial charge >= 0.3 is 6.61 Å². The van der Waals surface area contributed by atoms with Gasteiger partial charge < -0.3 is 24.8 Å². The molecule has 1 rings (SSSR count). The van der Waals surface area contributed by atoms with Crippen molar-refractivity contribution in [3.05, 3.63) is 23.8 Å². The molecule has 0 unspecified atom stereocenters. The summed E-state index contributed by atoms with van der Waals surface area (Å²) in [6.07, 6.45) is 1.90. The van der Waals surface area contributed by atoms with Gasteiger partial charge in [0.25, 0.3) is 0 Å². The lowest BCUT2D eigenvalue weighted by molar-refractivity contribution is -0.0520. The van der Waals surface area contributed by atoms with E-state index in [9.17, 15) is 8.78 Å². The van der Waals surface area contributed by atoms with Crippen LogP contribution >= 0.6 is 24.0 Å². The topological polar surface area (TPSA) is 64.1 Å². The van der Waals surface area contributed by atoms with E-state index in [4.69, 9.17) is 9.47 Å². The average Bonchev–Trinajstić information content (AvgIpc) is 2.62. The minimum absolute atomic E-state index is 0. The number of benzene rings is 1. The molecule has 0 aliphatic rings. The molecule has 0 aliphatic heterocycles. The minimum atomic E-state index is -2.92. The van der Waals surface area contributed by atoms with Crippen molar-refractivity contribution < 1.29 is 23.0 Å². The van der Waals surface area contributed by atoms with E-state index in [-0.39, 0.29) is 36.3 Å². The van der Waals surface area contributed by atoms with E-state index in [0.29, 0.717) is 23.9 Å². The fourth-order valence-corrected chi connectivity index (χ4v) is 2.27. The standard InChI is InChI=1S/C18H29F2N3O3.HI/c1-4-24-12-7-6-11-22-18(21-3)23-13-14-9-8-10-15(25-5-2)16(14)26-17(19)20;/h8-10,17H,4-7,11-13H2,1-3H3,(H2,21,22,23);1H. The number of halogens is 3. The molecule has 0 aromatic heterocycles. The van der Waals surface area contributed by atoms with Gasteiger partial charge in [-0.15, -0.1) is 24.0 Å². The number of guanidine groups is 1. The molecule has 0 amide bonds. The molecule has 0 heterocycles. The summed E-state index contributed by atoms with van der Waals surface area (Å²) in [6.45, 7) is 3.68. The zero-order valence-corrected chi connectivity index (χ0v) is 18.4. The van der Waals surface area contributed by atoms with Crippen LogP contribution in [0.1, 0.15) is 32.3 Å². The Bertz CT molecular complexity index is 549. The molecule has 9 heteroatoms. The number of para-hydroxylation sites is 1. The highest BCUT2D eigenvalue weighted by atomic mass is 127. The maximum absolute atomic E-state index is 12.7. The van der Waals surface area contributed by atoms with E-state index >= 15 is 0 Å². The van der Waals surface area contributed by atoms with Crippen molar-refractivity contribution in [2.75, 3.05) is 33.4 Å². The molecule has 0 radical (unpaired) electrons. The van der Waals surface area contributed by atoms with Crippen LogP contribution in [-0.4, -0.2) is 46.0 Å². The maximum Gasteiger partial charge on any atom is 0.387 e. The van der Waals surface area contributed by atoms with Crippen LogP contribution in [-0.2, 0) is 11.3 Å². The summed E-state index contributed by atoms with van der Waals surface area (Å²) in [4.78, 5) is 4.13. The van der Waals surface area contributed by atoms with Crippen molar-refractivity contribution in [1.82, 2.24) is 10.6 Å². The van der Waals surface area contributed by atoms with Crippen LogP contribution in [0, 0.1) is 0 Å². The second-order valence-corrected chi connectivity index (χ2v) is 5.31. The number of hydrogen-bond acceptors (Lipinski definition) is 4. The third-order valence-electron chi connectivity index (χ3n) is 3.45. The normalized spacial score (nSPS) is 11.1. The van der Waals surface area contributed by atoms with Crippen LogP contribution in [0.5, 0.6) is 11.5 Å². The SMILES string of the molecule is CCOCCCCNC(=NC)NCc1cccc(OCC)c1OC(F)F.I. The predicted octanol–water partition coefficient (Wildman–Crippen LogP) is 3.79. The molecule has 2 N–H and O–H groups in total. The number of aliphatic imine (C=N–C) groups is 1. The van der Waals surface area contributed by atoms with E-state index in [0.717, 1.165) is 32.6 Å². The number of unbranched alkanes of at least 4 members (excludes halogenated alkanes) is 1. The van der Waals surface area contributed by atoms with E-state index in [1.807, 2.05) is 6.92 Å². The molecular weight excluding hydrogens is 471 g/mol. The van der Waals surface area contributed by atoms with Gasteiger partial charge in [-0.05, 0) is 32.8 Å². The van der Waals surface area contributed by atoms with Crippen LogP contribution in [0.15, 0.2) is 23.2 Å². The Morgan fingerprint density at radius 1 is 1.15 bits per heavy atom. The Morgan fingerprint density at radius 3 is 2.56 bits per heavy atom. The smallest absolute Gasteiger partial charge is 0.387 e. The third-order valence-corrected chi connectivity index (χ3v) is 3.45. The second kappa shape index (κ2) is 15.7. The summed E-state index contributed by atoms with van der Waals surface area (Å²) in [5, 5.41) is 6.28. The summed E-state index contributed by atoms with van der Waals surface area (Å²) < 4.78 is 40.8. The van der Waals surface area contributed by atoms with E-state index in [1.165, 1.54) is 0 Å². The number of ether oxygens (including phenoxy) is 3. The van der Waals surface area contributed by atoms with Crippen molar-refractivity contribution in [3.8, 4) is 11.5 Å². The molecule has 6 nitrogen and oxygen atoms in total. The first-order valence-electron chi connectivity index (χ1n) is 8.84. The molecule has 0 bridgehead atoms. The molecule has 0 atom stereocenters. The first-order valence-corrected chi connectivity index (χ1v) is 8.84. The summed E-state index contributed by atoms with van der Waals surface area (Å²) in [6, 6.07) is 5.06. The monoisotopic (exact) mass is 501 g/mol. The molecule has 0 saturated heterocycles. The predicted molar refractivity (Wildman–Crippen MR) is 114 cm³/mol. The molecule has 0 spiro atoms. The summed E-state index contributed by atoms with van der Waals surface area (Å²) in [7, 11) is 1.66. The van der Waals surface area contributed by atoms with Crippen molar-refractivity contribution in [2.45, 2.75) is 39.8 Å². The van der Waals surface area contributed by atoms with Crippen LogP contribution in [0.25, 0.3) is 0 Å². The summed E-state index contributed by atoms with van der Waals surface area (Å²) in [5.41, 5.74) is 0.565. The number of rotatable bonds is 12. The molecule has 1 aromatic carbocycles. The highest BCUT2D eigenvalue weighted by Gasteiger charge is 2.15. The minimum Gasteiger partial charge on any atom is -0.490 e. The third kappa shape index (κ3) is 10.5. The molecule has 0 aliphatic carbocycles. The Hall–Kier alpha value is -1.36. The zero-order valence-electron chi connectivity index (χ0n) is 16.1. The van der Waals surface area contributed by atoms with Crippen molar-refractivity contribution in [3.63, 3.8) is 0 Å². The molecule has 0 saturated carbocycles. The van der Waals surface area contributed by atoms with Gasteiger partial charge in [0, 0.05) is 38.9 Å². The lowest BCUT2D eigenvalue weighted by Gasteiger charge is -2.17. The lowest BCUT2D eigenvalue weighted by Crippen LogP contribution is -2.37. The van der Waals surface area contributed by atoms with Crippen molar-refractivity contribution >= 4 is 29.9 Å². The maximum atomic E-state index is 12.7. The van der Waals surface area contributed by atoms with Gasteiger partial charge in [-0.25, -0.2) is 0 Å². The fourth-order valence-electron chi connectivity index (χ4n) is 2.27. The molecule has 0 fully saturated rings. The first kappa shape index (κ1) is 25.6. The zero-order chi connectivity index (χ0) is 19.2. The highest BCUT2D eigenvalue weighted by Crippen LogP contribution is 2.32. The van der Waals surface area contributed by atoms with Crippen molar-refractivity contribution in [1.29, 1.82) is 0 Å². The largest absolute Gasteiger partial charge is 0.490 e. The van der Waals surface area contributed by atoms with E-state index in [2.05, 4.69) is 20.4 Å². The first-order chi connectivity index (χ1) is 12.6. The average molecular weight is 501 g/mol. The van der Waals surface area contributed by atoms with Gasteiger partial charge in [-0.3, -0.25) is 4.99 Å². The summed E-state index contributed by atoms with van der Waals surface area (Å²) >= 11 is 0. The van der Waals surface area contributed by atoms with Crippen LogP contribution < -0.4 is 20.1 Å². The van der Waals surface area contributed by atoms with Gasteiger partial charge in [-0.2, -0.15) is 8.78 Å².